The van der Waals surface area contributed by atoms with Gasteiger partial charge in [-0.25, -0.2) is 9.37 Å². The number of nitrogens with zero attached hydrogens (tertiary/aromatic N) is 3. The number of benzene rings is 2. The highest BCUT2D eigenvalue weighted by Gasteiger charge is 2.30. The molecule has 4 rings (SSSR count). The van der Waals surface area contributed by atoms with Crippen molar-refractivity contribution in [1.29, 1.82) is 5.26 Å². The molecule has 0 saturated carbocycles. The number of imidazole rings is 1. The largest absolute Gasteiger partial charge is 0.310 e. The van der Waals surface area contributed by atoms with Gasteiger partial charge in [-0.2, -0.15) is 5.26 Å². The second-order valence-corrected chi connectivity index (χ2v) is 5.86. The molecule has 0 radical (unpaired) electrons. The highest BCUT2D eigenvalue weighted by Crippen LogP contribution is 2.37. The van der Waals surface area contributed by atoms with Crippen molar-refractivity contribution in [2.24, 2.45) is 0 Å². The predicted molar refractivity (Wildman–Crippen MR) is 89.8 cm³/mol. The van der Waals surface area contributed by atoms with E-state index in [1.807, 2.05) is 12.1 Å². The zero-order valence-electron chi connectivity index (χ0n) is 13.1. The Morgan fingerprint density at radius 2 is 1.88 bits per heavy atom. The first-order valence-corrected chi connectivity index (χ1v) is 7.79. The van der Waals surface area contributed by atoms with Gasteiger partial charge in [0.25, 0.3) is 0 Å². The summed E-state index contributed by atoms with van der Waals surface area (Å²) in [5, 5.41) is 11.8. The van der Waals surface area contributed by atoms with Crippen LogP contribution in [0.2, 0.25) is 0 Å². The molecule has 0 aliphatic carbocycles. The van der Waals surface area contributed by atoms with E-state index < -0.39 is 0 Å². The number of anilines is 1. The van der Waals surface area contributed by atoms with Crippen molar-refractivity contribution in [1.82, 2.24) is 9.55 Å². The summed E-state index contributed by atoms with van der Waals surface area (Å²) >= 11 is 0. The topological polar surface area (TPSA) is 70.7 Å². The fourth-order valence-electron chi connectivity index (χ4n) is 3.07. The number of carbonyl (C=O) groups excluding carboxylic acids is 1. The zero-order chi connectivity index (χ0) is 17.4. The summed E-state index contributed by atoms with van der Waals surface area (Å²) < 4.78 is 14.9. The number of hydrogen-bond acceptors (Lipinski definition) is 3. The van der Waals surface area contributed by atoms with E-state index in [9.17, 15) is 9.18 Å². The molecule has 6 heteroatoms. The normalized spacial score (nSPS) is 16.0. The summed E-state index contributed by atoms with van der Waals surface area (Å²) in [4.78, 5) is 16.7. The van der Waals surface area contributed by atoms with Crippen molar-refractivity contribution in [3.8, 4) is 11.8 Å². The van der Waals surface area contributed by atoms with Gasteiger partial charge < -0.3 is 5.32 Å². The lowest BCUT2D eigenvalue weighted by atomic mass is 9.89. The molecule has 25 heavy (non-hydrogen) atoms. The molecule has 1 N–H and O–H groups in total. The van der Waals surface area contributed by atoms with Crippen LogP contribution in [0.15, 0.2) is 54.9 Å². The van der Waals surface area contributed by atoms with Crippen LogP contribution in [-0.4, -0.2) is 15.5 Å². The Morgan fingerprint density at radius 3 is 2.56 bits per heavy atom. The van der Waals surface area contributed by atoms with Gasteiger partial charge in [-0.3, -0.25) is 9.36 Å². The molecule has 2 aromatic carbocycles. The summed E-state index contributed by atoms with van der Waals surface area (Å²) in [7, 11) is 0. The Labute approximate surface area is 143 Å². The molecular formula is C19H13FN4O. The van der Waals surface area contributed by atoms with Gasteiger partial charge in [-0.1, -0.05) is 12.1 Å². The van der Waals surface area contributed by atoms with E-state index in [0.717, 1.165) is 16.9 Å². The number of rotatable bonds is 2. The molecular weight excluding hydrogens is 319 g/mol. The summed E-state index contributed by atoms with van der Waals surface area (Å²) in [6.45, 7) is 0. The number of aromatic nitrogens is 2. The van der Waals surface area contributed by atoms with Crippen molar-refractivity contribution in [3.63, 3.8) is 0 Å². The van der Waals surface area contributed by atoms with Gasteiger partial charge in [-0.05, 0) is 42.0 Å². The van der Waals surface area contributed by atoms with Crippen LogP contribution in [0, 0.1) is 17.1 Å². The lowest BCUT2D eigenvalue weighted by Gasteiger charge is -2.23. The Kier molecular flexibility index (Phi) is 3.55. The molecule has 3 aromatic rings. The number of fused-ring (bicyclic) bond motifs is 1. The fourth-order valence-corrected chi connectivity index (χ4v) is 3.07. The highest BCUT2D eigenvalue weighted by molar-refractivity contribution is 5.94. The number of halogens is 1. The first-order valence-electron chi connectivity index (χ1n) is 7.79. The Balaban J connectivity index is 1.78. The molecule has 0 fully saturated rings. The molecule has 122 valence electrons. The second-order valence-electron chi connectivity index (χ2n) is 5.86. The van der Waals surface area contributed by atoms with Crippen LogP contribution in [0.5, 0.6) is 0 Å². The van der Waals surface area contributed by atoms with E-state index in [1.54, 1.807) is 35.2 Å². The number of nitriles is 1. The van der Waals surface area contributed by atoms with E-state index in [-0.39, 0.29) is 17.6 Å². The molecule has 1 aliphatic heterocycles. The lowest BCUT2D eigenvalue weighted by molar-refractivity contribution is -0.116. The van der Waals surface area contributed by atoms with Crippen molar-refractivity contribution >= 4 is 11.7 Å². The van der Waals surface area contributed by atoms with Crippen LogP contribution in [0.1, 0.15) is 29.2 Å². The SMILES string of the molecule is N#Cc1ccc([C@H]2CC(=O)Nc3c2ncn3-c2ccc(F)cc2)cc1. The lowest BCUT2D eigenvalue weighted by Crippen LogP contribution is -2.24. The third-order valence-electron chi connectivity index (χ3n) is 4.32. The summed E-state index contributed by atoms with van der Waals surface area (Å²) in [6, 6.07) is 15.3. The number of nitrogens with one attached hydrogen (secondary N) is 1. The van der Waals surface area contributed by atoms with E-state index in [1.165, 1.54) is 12.1 Å². The third-order valence-corrected chi connectivity index (χ3v) is 4.32. The van der Waals surface area contributed by atoms with Gasteiger partial charge in [0.1, 0.15) is 18.0 Å². The fraction of sp³-hybridized carbons (Fsp3) is 0.105. The van der Waals surface area contributed by atoms with Crippen molar-refractivity contribution < 1.29 is 9.18 Å². The van der Waals surface area contributed by atoms with Crippen LogP contribution in [0.25, 0.3) is 5.69 Å². The van der Waals surface area contributed by atoms with E-state index in [4.69, 9.17) is 5.26 Å². The molecule has 1 atom stereocenters. The molecule has 0 saturated heterocycles. The van der Waals surface area contributed by atoms with E-state index in [0.29, 0.717) is 17.8 Å². The number of hydrogen-bond donors (Lipinski definition) is 1. The number of carbonyl (C=O) groups is 1. The Morgan fingerprint density at radius 1 is 1.16 bits per heavy atom. The van der Waals surface area contributed by atoms with Crippen LogP contribution in [0.3, 0.4) is 0 Å². The monoisotopic (exact) mass is 332 g/mol. The van der Waals surface area contributed by atoms with Crippen LogP contribution >= 0.6 is 0 Å². The summed E-state index contributed by atoms with van der Waals surface area (Å²) in [5.41, 5.74) is 2.98. The van der Waals surface area contributed by atoms with Gasteiger partial charge in [0.15, 0.2) is 0 Å². The standard InChI is InChI=1S/C19H13FN4O/c20-14-5-7-15(8-6-14)24-11-22-18-16(9-17(25)23-19(18)24)13-3-1-12(10-21)2-4-13/h1-8,11,16H,9H2,(H,23,25)/t16-/m1/s1. The van der Waals surface area contributed by atoms with E-state index in [2.05, 4.69) is 16.4 Å². The predicted octanol–water partition coefficient (Wildman–Crippen LogP) is 3.36. The maximum absolute atomic E-state index is 13.2. The maximum atomic E-state index is 13.2. The minimum atomic E-state index is -0.322. The number of amides is 1. The molecule has 0 spiro atoms. The average Bonchev–Trinajstić information content (AvgIpc) is 3.05. The molecule has 2 heterocycles. The molecule has 1 aromatic heterocycles. The zero-order valence-corrected chi connectivity index (χ0v) is 13.1. The molecule has 1 amide bonds. The van der Waals surface area contributed by atoms with Gasteiger partial charge in [-0.15, -0.1) is 0 Å². The first-order chi connectivity index (χ1) is 12.2. The Hall–Kier alpha value is -3.46. The van der Waals surface area contributed by atoms with Gasteiger partial charge >= 0.3 is 0 Å². The first kappa shape index (κ1) is 15.1. The van der Waals surface area contributed by atoms with Crippen molar-refractivity contribution in [2.45, 2.75) is 12.3 Å². The smallest absolute Gasteiger partial charge is 0.226 e. The van der Waals surface area contributed by atoms with Gasteiger partial charge in [0.05, 0.1) is 17.3 Å². The van der Waals surface area contributed by atoms with Crippen LogP contribution < -0.4 is 5.32 Å². The van der Waals surface area contributed by atoms with Crippen LogP contribution in [-0.2, 0) is 4.79 Å². The second kappa shape index (κ2) is 5.87. The van der Waals surface area contributed by atoms with Gasteiger partial charge in [0.2, 0.25) is 5.91 Å². The van der Waals surface area contributed by atoms with Crippen molar-refractivity contribution in [3.05, 3.63) is 77.5 Å². The van der Waals surface area contributed by atoms with E-state index >= 15 is 0 Å². The highest BCUT2D eigenvalue weighted by atomic mass is 19.1. The average molecular weight is 332 g/mol. The molecule has 1 aliphatic rings. The van der Waals surface area contributed by atoms with Gasteiger partial charge in [0, 0.05) is 18.0 Å². The Bertz CT molecular complexity index is 984. The molecule has 0 bridgehead atoms. The maximum Gasteiger partial charge on any atom is 0.226 e. The quantitative estimate of drug-likeness (QED) is 0.782. The molecule has 5 nitrogen and oxygen atoms in total. The summed E-state index contributed by atoms with van der Waals surface area (Å²) in [6.07, 6.45) is 1.92. The molecule has 0 unspecified atom stereocenters. The summed E-state index contributed by atoms with van der Waals surface area (Å²) in [5.74, 6) is -0.0154. The minimum Gasteiger partial charge on any atom is -0.310 e. The minimum absolute atomic E-state index is 0.106. The van der Waals surface area contributed by atoms with Crippen molar-refractivity contribution in [2.75, 3.05) is 5.32 Å². The third kappa shape index (κ3) is 2.66. The van der Waals surface area contributed by atoms with Crippen LogP contribution in [0.4, 0.5) is 10.2 Å².